The zero-order chi connectivity index (χ0) is 13.7. The molecule has 1 aromatic carbocycles. The van der Waals surface area contributed by atoms with Crippen molar-refractivity contribution in [3.05, 3.63) is 52.0 Å². The minimum atomic E-state index is -0.388. The van der Waals surface area contributed by atoms with Crippen molar-refractivity contribution in [3.63, 3.8) is 0 Å². The number of amides is 1. The molecule has 2 aromatic rings. The molecule has 1 heterocycles. The number of hydrogen-bond acceptors (Lipinski definition) is 4. The molecule has 1 aromatic heterocycles. The molecule has 0 radical (unpaired) electrons. The summed E-state index contributed by atoms with van der Waals surface area (Å²) in [5.41, 5.74) is 0.888. The van der Waals surface area contributed by atoms with Gasteiger partial charge in [-0.05, 0) is 12.0 Å². The van der Waals surface area contributed by atoms with Crippen LogP contribution in [0, 0.1) is 0 Å². The van der Waals surface area contributed by atoms with E-state index >= 15 is 0 Å². The Morgan fingerprint density at radius 3 is 2.74 bits per heavy atom. The fraction of sp³-hybridized carbons (Fsp3) is 0.286. The average Bonchev–Trinajstić information content (AvgIpc) is 2.94. The van der Waals surface area contributed by atoms with Gasteiger partial charge in [0.05, 0.1) is 23.9 Å². The Morgan fingerprint density at radius 1 is 1.42 bits per heavy atom. The smallest absolute Gasteiger partial charge is 0.263 e. The van der Waals surface area contributed by atoms with Gasteiger partial charge in [0.15, 0.2) is 0 Å². The SMILES string of the molecule is CCc1ncc(C(=O)N[C@H](CO)c2ccccc2)s1. The predicted octanol–water partition coefficient (Wildman–Crippen LogP) is 2.17. The Balaban J connectivity index is 2.08. The van der Waals surface area contributed by atoms with Crippen LogP contribution in [0.15, 0.2) is 36.5 Å². The molecular weight excluding hydrogens is 260 g/mol. The Morgan fingerprint density at radius 2 is 2.16 bits per heavy atom. The maximum Gasteiger partial charge on any atom is 0.263 e. The molecule has 0 saturated heterocycles. The van der Waals surface area contributed by atoms with E-state index in [4.69, 9.17) is 0 Å². The zero-order valence-corrected chi connectivity index (χ0v) is 11.5. The van der Waals surface area contributed by atoms with E-state index in [0.29, 0.717) is 4.88 Å². The highest BCUT2D eigenvalue weighted by molar-refractivity contribution is 7.13. The largest absolute Gasteiger partial charge is 0.394 e. The maximum absolute atomic E-state index is 12.1. The lowest BCUT2D eigenvalue weighted by molar-refractivity contribution is 0.0920. The molecule has 2 rings (SSSR count). The topological polar surface area (TPSA) is 62.2 Å². The Kier molecular flexibility index (Phi) is 4.65. The van der Waals surface area contributed by atoms with Crippen LogP contribution in [0.5, 0.6) is 0 Å². The Labute approximate surface area is 116 Å². The van der Waals surface area contributed by atoms with Crippen molar-refractivity contribution in [2.75, 3.05) is 6.61 Å². The zero-order valence-electron chi connectivity index (χ0n) is 10.7. The van der Waals surface area contributed by atoms with Gasteiger partial charge in [-0.25, -0.2) is 4.98 Å². The summed E-state index contributed by atoms with van der Waals surface area (Å²) in [4.78, 5) is 16.8. The summed E-state index contributed by atoms with van der Waals surface area (Å²) in [6, 6.07) is 9.03. The quantitative estimate of drug-likeness (QED) is 0.879. The lowest BCUT2D eigenvalue weighted by atomic mass is 10.1. The number of aliphatic hydroxyl groups excluding tert-OH is 1. The molecule has 19 heavy (non-hydrogen) atoms. The van der Waals surface area contributed by atoms with Gasteiger partial charge in [-0.2, -0.15) is 0 Å². The predicted molar refractivity (Wildman–Crippen MR) is 75.2 cm³/mol. The Hall–Kier alpha value is -1.72. The number of nitrogens with one attached hydrogen (secondary N) is 1. The minimum Gasteiger partial charge on any atom is -0.394 e. The third kappa shape index (κ3) is 3.39. The van der Waals surface area contributed by atoms with Crippen LogP contribution in [0.2, 0.25) is 0 Å². The van der Waals surface area contributed by atoms with Gasteiger partial charge in [-0.1, -0.05) is 37.3 Å². The van der Waals surface area contributed by atoms with Crippen molar-refractivity contribution in [2.24, 2.45) is 0 Å². The van der Waals surface area contributed by atoms with Gasteiger partial charge in [0.2, 0.25) is 0 Å². The molecular formula is C14H16N2O2S. The van der Waals surface area contributed by atoms with Crippen molar-refractivity contribution in [1.82, 2.24) is 10.3 Å². The number of hydrogen-bond donors (Lipinski definition) is 2. The molecule has 0 aliphatic heterocycles. The molecule has 0 unspecified atom stereocenters. The number of carbonyl (C=O) groups is 1. The molecule has 1 amide bonds. The van der Waals surface area contributed by atoms with Crippen LogP contribution in [-0.4, -0.2) is 22.6 Å². The van der Waals surface area contributed by atoms with Gasteiger partial charge in [0, 0.05) is 0 Å². The number of carbonyl (C=O) groups excluding carboxylic acids is 1. The third-order valence-corrected chi connectivity index (χ3v) is 3.91. The fourth-order valence-electron chi connectivity index (χ4n) is 1.73. The molecule has 4 nitrogen and oxygen atoms in total. The maximum atomic E-state index is 12.1. The van der Waals surface area contributed by atoms with E-state index in [2.05, 4.69) is 10.3 Å². The normalized spacial score (nSPS) is 12.1. The third-order valence-electron chi connectivity index (χ3n) is 2.77. The first-order chi connectivity index (χ1) is 9.24. The number of aromatic nitrogens is 1. The second-order valence-corrected chi connectivity index (χ2v) is 5.21. The first-order valence-electron chi connectivity index (χ1n) is 6.16. The number of rotatable bonds is 5. The lowest BCUT2D eigenvalue weighted by Gasteiger charge is -2.15. The fourth-order valence-corrected chi connectivity index (χ4v) is 2.49. The Bertz CT molecular complexity index is 539. The second kappa shape index (κ2) is 6.45. The van der Waals surface area contributed by atoms with E-state index in [0.717, 1.165) is 17.0 Å². The summed E-state index contributed by atoms with van der Waals surface area (Å²) < 4.78 is 0. The summed E-state index contributed by atoms with van der Waals surface area (Å²) in [5.74, 6) is -0.194. The molecule has 0 bridgehead atoms. The number of aryl methyl sites for hydroxylation is 1. The van der Waals surface area contributed by atoms with Gasteiger partial charge >= 0.3 is 0 Å². The standard InChI is InChI=1S/C14H16N2O2S/c1-2-13-15-8-12(19-13)14(18)16-11(9-17)10-6-4-3-5-7-10/h3-8,11,17H,2,9H2,1H3,(H,16,18)/t11-/m1/s1. The average molecular weight is 276 g/mol. The minimum absolute atomic E-state index is 0.130. The molecule has 0 fully saturated rings. The highest BCUT2D eigenvalue weighted by Crippen LogP contribution is 2.16. The van der Waals surface area contributed by atoms with E-state index in [-0.39, 0.29) is 18.6 Å². The van der Waals surface area contributed by atoms with Crippen molar-refractivity contribution in [3.8, 4) is 0 Å². The van der Waals surface area contributed by atoms with Gasteiger partial charge < -0.3 is 10.4 Å². The van der Waals surface area contributed by atoms with E-state index in [9.17, 15) is 9.90 Å². The summed E-state index contributed by atoms with van der Waals surface area (Å²) in [5, 5.41) is 13.2. The van der Waals surface area contributed by atoms with Crippen molar-refractivity contribution in [2.45, 2.75) is 19.4 Å². The first-order valence-corrected chi connectivity index (χ1v) is 6.97. The van der Waals surface area contributed by atoms with Crippen LogP contribution in [0.3, 0.4) is 0 Å². The van der Waals surface area contributed by atoms with Crippen molar-refractivity contribution >= 4 is 17.2 Å². The molecule has 0 saturated carbocycles. The van der Waals surface area contributed by atoms with Gasteiger partial charge in [-0.15, -0.1) is 11.3 Å². The highest BCUT2D eigenvalue weighted by Gasteiger charge is 2.16. The van der Waals surface area contributed by atoms with E-state index in [1.54, 1.807) is 6.20 Å². The number of thiazole rings is 1. The molecule has 0 aliphatic carbocycles. The highest BCUT2D eigenvalue weighted by atomic mass is 32.1. The molecule has 0 aliphatic rings. The van der Waals surface area contributed by atoms with Gasteiger partial charge in [0.1, 0.15) is 4.88 Å². The summed E-state index contributed by atoms with van der Waals surface area (Å²) >= 11 is 1.38. The van der Waals surface area contributed by atoms with Gasteiger partial charge in [0.25, 0.3) is 5.91 Å². The van der Waals surface area contributed by atoms with Crippen molar-refractivity contribution < 1.29 is 9.90 Å². The van der Waals surface area contributed by atoms with E-state index in [1.165, 1.54) is 11.3 Å². The van der Waals surface area contributed by atoms with Gasteiger partial charge in [-0.3, -0.25) is 4.79 Å². The van der Waals surface area contributed by atoms with E-state index < -0.39 is 0 Å². The van der Waals surface area contributed by atoms with Crippen LogP contribution in [0.25, 0.3) is 0 Å². The molecule has 1 atom stereocenters. The first kappa shape index (κ1) is 13.7. The van der Waals surface area contributed by atoms with Crippen LogP contribution < -0.4 is 5.32 Å². The molecule has 100 valence electrons. The summed E-state index contributed by atoms with van der Waals surface area (Å²) in [6.07, 6.45) is 2.40. The monoisotopic (exact) mass is 276 g/mol. The number of nitrogens with zero attached hydrogens (tertiary/aromatic N) is 1. The second-order valence-electron chi connectivity index (χ2n) is 4.09. The summed E-state index contributed by atoms with van der Waals surface area (Å²) in [7, 11) is 0. The molecule has 2 N–H and O–H groups in total. The van der Waals surface area contributed by atoms with Crippen LogP contribution in [-0.2, 0) is 6.42 Å². The molecule has 0 spiro atoms. The molecule has 5 heteroatoms. The lowest BCUT2D eigenvalue weighted by Crippen LogP contribution is -2.30. The van der Waals surface area contributed by atoms with Crippen LogP contribution >= 0.6 is 11.3 Å². The van der Waals surface area contributed by atoms with Crippen LogP contribution in [0.1, 0.15) is 33.2 Å². The van der Waals surface area contributed by atoms with Crippen LogP contribution in [0.4, 0.5) is 0 Å². The van der Waals surface area contributed by atoms with E-state index in [1.807, 2.05) is 37.3 Å². The summed E-state index contributed by atoms with van der Waals surface area (Å²) in [6.45, 7) is 1.87. The number of benzene rings is 1. The van der Waals surface area contributed by atoms with Crippen molar-refractivity contribution in [1.29, 1.82) is 0 Å². The number of aliphatic hydroxyl groups is 1.